The van der Waals surface area contributed by atoms with Crippen molar-refractivity contribution in [2.24, 2.45) is 0 Å². The third-order valence-corrected chi connectivity index (χ3v) is 4.76. The largest absolute Gasteiger partial charge is 0.453 e. The average Bonchev–Trinajstić information content (AvgIpc) is 3.09. The highest BCUT2D eigenvalue weighted by Gasteiger charge is 2.37. The summed E-state index contributed by atoms with van der Waals surface area (Å²) in [5, 5.41) is 6.44. The Labute approximate surface area is 166 Å². The van der Waals surface area contributed by atoms with Crippen molar-refractivity contribution in [3.8, 4) is 0 Å². The highest BCUT2D eigenvalue weighted by atomic mass is 19.4. The number of nitrogens with zero attached hydrogens (tertiary/aromatic N) is 4. The summed E-state index contributed by atoms with van der Waals surface area (Å²) in [7, 11) is 0. The number of aromatic nitrogens is 4. The van der Waals surface area contributed by atoms with Gasteiger partial charge in [0.05, 0.1) is 6.42 Å². The van der Waals surface area contributed by atoms with Gasteiger partial charge >= 0.3 is 6.18 Å². The maximum atomic E-state index is 12.9. The van der Waals surface area contributed by atoms with Crippen molar-refractivity contribution in [2.45, 2.75) is 52.3 Å². The summed E-state index contributed by atoms with van der Waals surface area (Å²) in [6, 6.07) is 9.94. The van der Waals surface area contributed by atoms with Gasteiger partial charge in [0, 0.05) is 23.0 Å². The van der Waals surface area contributed by atoms with E-state index in [1.807, 2.05) is 37.3 Å². The Morgan fingerprint density at radius 1 is 1.17 bits per heavy atom. The van der Waals surface area contributed by atoms with Crippen LogP contribution in [0.15, 0.2) is 30.3 Å². The van der Waals surface area contributed by atoms with Crippen molar-refractivity contribution in [2.75, 3.05) is 0 Å². The zero-order chi connectivity index (χ0) is 21.2. The number of rotatable bonds is 6. The predicted molar refractivity (Wildman–Crippen MR) is 101 cm³/mol. The van der Waals surface area contributed by atoms with Crippen LogP contribution in [0, 0.1) is 13.8 Å². The predicted octanol–water partition coefficient (Wildman–Crippen LogP) is 3.44. The van der Waals surface area contributed by atoms with Gasteiger partial charge in [-0.05, 0) is 39.2 Å². The van der Waals surface area contributed by atoms with E-state index < -0.39 is 12.0 Å². The SMILES string of the molecule is Cc1nc2nc(C(F)(F)F)nn2c(C)c1CC(=O)NC(C)CCc1ccccc1. The third-order valence-electron chi connectivity index (χ3n) is 4.76. The molecule has 2 aromatic heterocycles. The molecule has 29 heavy (non-hydrogen) atoms. The summed E-state index contributed by atoms with van der Waals surface area (Å²) in [5.41, 5.74) is 2.62. The Balaban J connectivity index is 1.69. The first-order valence-corrected chi connectivity index (χ1v) is 9.28. The highest BCUT2D eigenvalue weighted by Crippen LogP contribution is 2.27. The van der Waals surface area contributed by atoms with E-state index in [0.29, 0.717) is 17.0 Å². The molecule has 9 heteroatoms. The summed E-state index contributed by atoms with van der Waals surface area (Å²) in [6.45, 7) is 5.18. The molecule has 1 amide bonds. The molecule has 0 fully saturated rings. The molecule has 1 unspecified atom stereocenters. The summed E-state index contributed by atoms with van der Waals surface area (Å²) in [6.07, 6.45) is -3.02. The van der Waals surface area contributed by atoms with Crippen LogP contribution in [0.5, 0.6) is 0 Å². The number of hydrogen-bond donors (Lipinski definition) is 1. The van der Waals surface area contributed by atoms with Crippen molar-refractivity contribution in [3.63, 3.8) is 0 Å². The maximum absolute atomic E-state index is 12.9. The van der Waals surface area contributed by atoms with E-state index in [4.69, 9.17) is 0 Å². The van der Waals surface area contributed by atoms with Crippen LogP contribution in [0.25, 0.3) is 5.78 Å². The average molecular weight is 405 g/mol. The molecule has 0 spiro atoms. The Kier molecular flexibility index (Phi) is 5.86. The normalized spacial score (nSPS) is 12.9. The molecule has 0 saturated heterocycles. The third kappa shape index (κ3) is 4.90. The van der Waals surface area contributed by atoms with Crippen LogP contribution < -0.4 is 5.32 Å². The van der Waals surface area contributed by atoms with E-state index in [2.05, 4.69) is 20.4 Å². The second kappa shape index (κ2) is 8.18. The van der Waals surface area contributed by atoms with E-state index >= 15 is 0 Å². The Morgan fingerprint density at radius 2 is 1.86 bits per heavy atom. The van der Waals surface area contributed by atoms with E-state index in [0.717, 1.165) is 17.4 Å². The molecule has 0 saturated carbocycles. The summed E-state index contributed by atoms with van der Waals surface area (Å²) in [5.74, 6) is -1.59. The minimum Gasteiger partial charge on any atom is -0.353 e. The molecule has 1 atom stereocenters. The molecular weight excluding hydrogens is 383 g/mol. The molecular formula is C20H22F3N5O. The number of benzene rings is 1. The lowest BCUT2D eigenvalue weighted by Crippen LogP contribution is -2.34. The quantitative estimate of drug-likeness (QED) is 0.682. The second-order valence-corrected chi connectivity index (χ2v) is 7.08. The maximum Gasteiger partial charge on any atom is 0.453 e. The molecule has 0 aliphatic carbocycles. The molecule has 3 rings (SSSR count). The van der Waals surface area contributed by atoms with Gasteiger partial charge in [0.2, 0.25) is 5.91 Å². The molecule has 1 aromatic carbocycles. The molecule has 0 bridgehead atoms. The number of carbonyl (C=O) groups is 1. The van der Waals surface area contributed by atoms with Crippen molar-refractivity contribution in [1.82, 2.24) is 24.9 Å². The molecule has 1 N–H and O–H groups in total. The summed E-state index contributed by atoms with van der Waals surface area (Å²) >= 11 is 0. The zero-order valence-corrected chi connectivity index (χ0v) is 16.4. The van der Waals surface area contributed by atoms with Gasteiger partial charge in [-0.2, -0.15) is 18.2 Å². The van der Waals surface area contributed by atoms with Crippen molar-refractivity contribution >= 4 is 11.7 Å². The highest BCUT2D eigenvalue weighted by molar-refractivity contribution is 5.79. The van der Waals surface area contributed by atoms with E-state index in [1.165, 1.54) is 5.56 Å². The molecule has 0 aliphatic heterocycles. The molecule has 0 radical (unpaired) electrons. The summed E-state index contributed by atoms with van der Waals surface area (Å²) < 4.78 is 39.7. The van der Waals surface area contributed by atoms with Gasteiger partial charge in [-0.1, -0.05) is 30.3 Å². The van der Waals surface area contributed by atoms with E-state index in [1.54, 1.807) is 13.8 Å². The van der Waals surface area contributed by atoms with Gasteiger partial charge in [-0.15, -0.1) is 5.10 Å². The standard InChI is InChI=1S/C20H22F3N5O/c1-12(9-10-15-7-5-4-6-8-15)24-17(29)11-16-13(2)25-19-26-18(20(21,22)23)27-28(19)14(16)3/h4-8,12H,9-11H2,1-3H3,(H,24,29). The number of alkyl halides is 3. The number of hydrogen-bond acceptors (Lipinski definition) is 4. The minimum atomic E-state index is -4.65. The lowest BCUT2D eigenvalue weighted by Gasteiger charge is -2.15. The first-order chi connectivity index (χ1) is 13.6. The minimum absolute atomic E-state index is 0.0114. The fourth-order valence-electron chi connectivity index (χ4n) is 3.17. The monoisotopic (exact) mass is 405 g/mol. The van der Waals surface area contributed by atoms with E-state index in [-0.39, 0.29) is 24.1 Å². The zero-order valence-electron chi connectivity index (χ0n) is 16.4. The number of aryl methyl sites for hydroxylation is 3. The van der Waals surface area contributed by atoms with Gasteiger partial charge < -0.3 is 5.32 Å². The molecule has 154 valence electrons. The molecule has 6 nitrogen and oxygen atoms in total. The molecule has 0 aliphatic rings. The van der Waals surface area contributed by atoms with Crippen molar-refractivity contribution in [3.05, 3.63) is 58.7 Å². The lowest BCUT2D eigenvalue weighted by atomic mass is 10.1. The Bertz CT molecular complexity index is 1010. The second-order valence-electron chi connectivity index (χ2n) is 7.08. The number of nitrogens with one attached hydrogen (secondary N) is 1. The first-order valence-electron chi connectivity index (χ1n) is 9.28. The van der Waals surface area contributed by atoms with Gasteiger partial charge in [-0.3, -0.25) is 4.79 Å². The first kappa shape index (κ1) is 20.8. The lowest BCUT2D eigenvalue weighted by molar-refractivity contribution is -0.144. The van der Waals surface area contributed by atoms with Crippen molar-refractivity contribution in [1.29, 1.82) is 0 Å². The number of fused-ring (bicyclic) bond motifs is 1. The topological polar surface area (TPSA) is 72.2 Å². The van der Waals surface area contributed by atoms with Crippen molar-refractivity contribution < 1.29 is 18.0 Å². The van der Waals surface area contributed by atoms with Gasteiger partial charge in [0.25, 0.3) is 11.6 Å². The van der Waals surface area contributed by atoms with Gasteiger partial charge in [0.1, 0.15) is 0 Å². The van der Waals surface area contributed by atoms with Crippen LogP contribution in [-0.4, -0.2) is 31.5 Å². The van der Waals surface area contributed by atoms with Crippen LogP contribution in [0.4, 0.5) is 13.2 Å². The van der Waals surface area contributed by atoms with Gasteiger partial charge in [-0.25, -0.2) is 9.50 Å². The fraction of sp³-hybridized carbons (Fsp3) is 0.400. The number of amides is 1. The van der Waals surface area contributed by atoms with E-state index in [9.17, 15) is 18.0 Å². The van der Waals surface area contributed by atoms with Crippen LogP contribution in [0.2, 0.25) is 0 Å². The molecule has 3 aromatic rings. The Morgan fingerprint density at radius 3 is 2.52 bits per heavy atom. The fourth-order valence-corrected chi connectivity index (χ4v) is 3.17. The van der Waals surface area contributed by atoms with Crippen LogP contribution in [0.1, 0.15) is 41.7 Å². The van der Waals surface area contributed by atoms with Crippen LogP contribution in [0.3, 0.4) is 0 Å². The van der Waals surface area contributed by atoms with Crippen LogP contribution >= 0.6 is 0 Å². The molecule has 2 heterocycles. The number of halogens is 3. The Hall–Kier alpha value is -2.97. The van der Waals surface area contributed by atoms with Gasteiger partial charge in [0.15, 0.2) is 0 Å². The summed E-state index contributed by atoms with van der Waals surface area (Å²) in [4.78, 5) is 20.0. The van der Waals surface area contributed by atoms with Crippen LogP contribution in [-0.2, 0) is 23.8 Å². The number of carbonyl (C=O) groups excluding carboxylic acids is 1. The smallest absolute Gasteiger partial charge is 0.353 e.